The third-order valence-electron chi connectivity index (χ3n) is 5.13. The number of nitrogens with one attached hydrogen (secondary N) is 1. The number of carbonyl (C=O) groups excluding carboxylic acids is 1. The lowest BCUT2D eigenvalue weighted by molar-refractivity contribution is -0.128. The van der Waals surface area contributed by atoms with Crippen molar-refractivity contribution in [3.63, 3.8) is 0 Å². The van der Waals surface area contributed by atoms with Gasteiger partial charge in [-0.15, -0.1) is 0 Å². The molecule has 2 unspecified atom stereocenters. The van der Waals surface area contributed by atoms with E-state index in [1.165, 1.54) is 0 Å². The monoisotopic (exact) mass is 412 g/mol. The molecule has 0 fully saturated rings. The van der Waals surface area contributed by atoms with Crippen molar-refractivity contribution in [1.29, 1.82) is 5.26 Å². The highest BCUT2D eigenvalue weighted by atomic mass is 31.1. The second-order valence-electron chi connectivity index (χ2n) is 9.89. The van der Waals surface area contributed by atoms with Gasteiger partial charge in [0.05, 0.1) is 23.4 Å². The third-order valence-corrected chi connectivity index (χ3v) is 6.17. The van der Waals surface area contributed by atoms with Crippen LogP contribution in [-0.2, 0) is 4.79 Å². The number of hydrogen-bond acceptors (Lipinski definition) is 5. The van der Waals surface area contributed by atoms with Crippen molar-refractivity contribution in [2.75, 3.05) is 6.54 Å². The van der Waals surface area contributed by atoms with Crippen LogP contribution in [0.15, 0.2) is 34.5 Å². The fraction of sp³-hybridized carbons (Fsp3) is 0.500. The van der Waals surface area contributed by atoms with E-state index in [0.29, 0.717) is 17.9 Å². The lowest BCUT2D eigenvalue weighted by Crippen LogP contribution is -2.45. The molecule has 29 heavy (non-hydrogen) atoms. The predicted molar refractivity (Wildman–Crippen MR) is 118 cm³/mol. The molecule has 2 atom stereocenters. The van der Waals surface area contributed by atoms with Crippen LogP contribution in [0.4, 0.5) is 5.69 Å². The minimum absolute atomic E-state index is 0.0838. The Balaban J connectivity index is 1.99. The van der Waals surface area contributed by atoms with Gasteiger partial charge in [-0.1, -0.05) is 41.5 Å². The van der Waals surface area contributed by atoms with Crippen LogP contribution in [0.2, 0.25) is 0 Å². The lowest BCUT2D eigenvalue weighted by atomic mass is 9.84. The zero-order chi connectivity index (χ0) is 21.6. The van der Waals surface area contributed by atoms with E-state index in [2.05, 4.69) is 36.9 Å². The Labute approximate surface area is 174 Å². The molecule has 6 nitrogen and oxygen atoms in total. The van der Waals surface area contributed by atoms with E-state index in [0.717, 1.165) is 17.4 Å². The highest BCUT2D eigenvalue weighted by Crippen LogP contribution is 2.39. The van der Waals surface area contributed by atoms with Crippen LogP contribution < -0.4 is 10.4 Å². The second kappa shape index (κ2) is 7.46. The molecule has 2 aliphatic heterocycles. The SMILES string of the molecule is CC(C)(C)CCN1C(=O)C(C2=Nc3ccc(C#N)cc3PN2)=C(O)C1C(C)(C)C. The fourth-order valence-electron chi connectivity index (χ4n) is 3.64. The molecule has 1 aromatic rings. The summed E-state index contributed by atoms with van der Waals surface area (Å²) in [4.78, 5) is 19.7. The molecular formula is C22H29N4O2P. The van der Waals surface area contributed by atoms with E-state index in [-0.39, 0.29) is 42.8 Å². The second-order valence-corrected chi connectivity index (χ2v) is 10.9. The summed E-state index contributed by atoms with van der Waals surface area (Å²) in [7, 11) is 0.173. The molecule has 1 aromatic carbocycles. The summed E-state index contributed by atoms with van der Waals surface area (Å²) in [5.41, 5.74) is 1.35. The number of fused-ring (bicyclic) bond motifs is 1. The van der Waals surface area contributed by atoms with Crippen LogP contribution in [0.3, 0.4) is 0 Å². The smallest absolute Gasteiger partial charge is 0.261 e. The molecule has 154 valence electrons. The standard InChI is InChI=1S/C22H29N4O2P/c1-21(2,3)9-10-26-18(22(4,5)6)17(27)16(20(26)28)19-24-14-8-7-13(12-23)11-15(14)29-25-19/h7-8,11,18,27,29H,9-10H2,1-6H3,(H,24,25). The number of amides is 1. The van der Waals surface area contributed by atoms with E-state index < -0.39 is 0 Å². The molecule has 0 saturated heterocycles. The number of nitrogens with zero attached hydrogens (tertiary/aromatic N) is 3. The molecule has 3 rings (SSSR count). The average molecular weight is 412 g/mol. The first-order valence-corrected chi connectivity index (χ1v) is 10.8. The lowest BCUT2D eigenvalue weighted by Gasteiger charge is -2.36. The van der Waals surface area contributed by atoms with Gasteiger partial charge in [0.15, 0.2) is 0 Å². The van der Waals surface area contributed by atoms with Gasteiger partial charge in [0, 0.05) is 20.6 Å². The topological polar surface area (TPSA) is 88.7 Å². The van der Waals surface area contributed by atoms with Crippen molar-refractivity contribution in [2.45, 2.75) is 54.0 Å². The molecular weight excluding hydrogens is 383 g/mol. The van der Waals surface area contributed by atoms with Crippen molar-refractivity contribution in [1.82, 2.24) is 9.99 Å². The zero-order valence-corrected chi connectivity index (χ0v) is 18.9. The molecule has 1 amide bonds. The Morgan fingerprint density at radius 3 is 2.55 bits per heavy atom. The molecule has 0 aliphatic carbocycles. The minimum atomic E-state index is -0.387. The van der Waals surface area contributed by atoms with E-state index in [9.17, 15) is 9.90 Å². The third kappa shape index (κ3) is 4.31. The van der Waals surface area contributed by atoms with Crippen LogP contribution in [0, 0.1) is 22.2 Å². The van der Waals surface area contributed by atoms with Crippen molar-refractivity contribution < 1.29 is 9.90 Å². The molecule has 0 aromatic heterocycles. The number of amidine groups is 1. The van der Waals surface area contributed by atoms with Gasteiger partial charge in [0.2, 0.25) is 0 Å². The van der Waals surface area contributed by atoms with Gasteiger partial charge in [-0.05, 0) is 35.4 Å². The molecule has 0 spiro atoms. The van der Waals surface area contributed by atoms with Crippen LogP contribution in [0.1, 0.15) is 53.5 Å². The van der Waals surface area contributed by atoms with E-state index in [1.807, 2.05) is 20.8 Å². The highest BCUT2D eigenvalue weighted by molar-refractivity contribution is 7.46. The van der Waals surface area contributed by atoms with Crippen LogP contribution in [0.5, 0.6) is 0 Å². The molecule has 0 bridgehead atoms. The van der Waals surface area contributed by atoms with Gasteiger partial charge >= 0.3 is 0 Å². The first-order valence-electron chi connectivity index (χ1n) is 9.82. The van der Waals surface area contributed by atoms with Crippen LogP contribution >= 0.6 is 8.73 Å². The Hall–Kier alpha value is -2.38. The van der Waals surface area contributed by atoms with Gasteiger partial charge < -0.3 is 15.1 Å². The summed E-state index contributed by atoms with van der Waals surface area (Å²) in [5, 5.41) is 24.3. The number of nitriles is 1. The van der Waals surface area contributed by atoms with Gasteiger partial charge in [-0.3, -0.25) is 4.79 Å². The normalized spacial score (nSPS) is 20.4. The summed E-state index contributed by atoms with van der Waals surface area (Å²) >= 11 is 0. The fourth-order valence-corrected chi connectivity index (χ4v) is 4.57. The van der Waals surface area contributed by atoms with E-state index in [4.69, 9.17) is 5.26 Å². The maximum absolute atomic E-state index is 13.3. The number of aliphatic hydroxyl groups excluding tert-OH is 1. The number of carbonyl (C=O) groups is 1. The van der Waals surface area contributed by atoms with Gasteiger partial charge in [-0.25, -0.2) is 4.99 Å². The molecule has 0 saturated carbocycles. The Bertz CT molecular complexity index is 945. The Morgan fingerprint density at radius 1 is 1.28 bits per heavy atom. The van der Waals surface area contributed by atoms with Crippen LogP contribution in [-0.4, -0.2) is 34.3 Å². The van der Waals surface area contributed by atoms with Crippen molar-refractivity contribution >= 4 is 31.5 Å². The van der Waals surface area contributed by atoms with Crippen LogP contribution in [0.25, 0.3) is 0 Å². The van der Waals surface area contributed by atoms with Crippen molar-refractivity contribution in [3.8, 4) is 6.07 Å². The quantitative estimate of drug-likeness (QED) is 0.737. The molecule has 2 heterocycles. The molecule has 2 aliphatic rings. The Morgan fingerprint density at radius 2 is 1.97 bits per heavy atom. The van der Waals surface area contributed by atoms with Gasteiger partial charge in [0.25, 0.3) is 5.91 Å². The molecule has 0 radical (unpaired) electrons. The number of rotatable bonds is 3. The molecule has 7 heteroatoms. The largest absolute Gasteiger partial charge is 0.509 e. The zero-order valence-electron chi connectivity index (χ0n) is 17.9. The number of aliphatic hydroxyl groups is 1. The minimum Gasteiger partial charge on any atom is -0.509 e. The summed E-state index contributed by atoms with van der Waals surface area (Å²) in [5.74, 6) is 0.319. The molecule has 2 N–H and O–H groups in total. The Kier molecular flexibility index (Phi) is 5.49. The summed E-state index contributed by atoms with van der Waals surface area (Å²) < 4.78 is 0. The van der Waals surface area contributed by atoms with E-state index in [1.54, 1.807) is 23.1 Å². The van der Waals surface area contributed by atoms with Crippen molar-refractivity contribution in [3.05, 3.63) is 35.1 Å². The summed E-state index contributed by atoms with van der Waals surface area (Å²) in [6.07, 6.45) is 0.841. The number of hydrogen-bond donors (Lipinski definition) is 2. The van der Waals surface area contributed by atoms with E-state index >= 15 is 0 Å². The highest BCUT2D eigenvalue weighted by Gasteiger charge is 2.47. The maximum atomic E-state index is 13.3. The average Bonchev–Trinajstić information content (AvgIpc) is 2.88. The number of benzene rings is 1. The van der Waals surface area contributed by atoms with Gasteiger partial charge in [-0.2, -0.15) is 5.26 Å². The summed E-state index contributed by atoms with van der Waals surface area (Å²) in [6.45, 7) is 13.1. The first-order chi connectivity index (χ1) is 13.4. The number of aliphatic imine (C=N–C) groups is 1. The van der Waals surface area contributed by atoms with Crippen molar-refractivity contribution in [2.24, 2.45) is 15.8 Å². The summed E-state index contributed by atoms with van der Waals surface area (Å²) in [6, 6.07) is 7.05. The van der Waals surface area contributed by atoms with Gasteiger partial charge in [0.1, 0.15) is 17.2 Å². The predicted octanol–water partition coefficient (Wildman–Crippen LogP) is 3.92. The maximum Gasteiger partial charge on any atom is 0.261 e. The first kappa shape index (κ1) is 21.3.